The van der Waals surface area contributed by atoms with Crippen molar-refractivity contribution in [1.29, 1.82) is 0 Å². The highest BCUT2D eigenvalue weighted by Gasteiger charge is 2.04. The molecule has 0 fully saturated rings. The van der Waals surface area contributed by atoms with Crippen LogP contribution < -0.4 is 5.73 Å². The molecule has 0 spiro atoms. The molecule has 1 unspecified atom stereocenters. The van der Waals surface area contributed by atoms with Crippen LogP contribution in [-0.2, 0) is 4.79 Å². The first kappa shape index (κ1) is 8.78. The van der Waals surface area contributed by atoms with E-state index in [9.17, 15) is 4.79 Å². The molecule has 12 heavy (non-hydrogen) atoms. The van der Waals surface area contributed by atoms with E-state index in [1.807, 2.05) is 32.0 Å². The van der Waals surface area contributed by atoms with Gasteiger partial charge in [0.1, 0.15) is 6.29 Å². The van der Waals surface area contributed by atoms with Gasteiger partial charge < -0.3 is 10.5 Å². The Kier molecular flexibility index (Phi) is 2.48. The monoisotopic (exact) mass is 163 g/mol. The van der Waals surface area contributed by atoms with Gasteiger partial charge in [0, 0.05) is 11.6 Å². The van der Waals surface area contributed by atoms with Crippen molar-refractivity contribution in [1.82, 2.24) is 0 Å². The molecule has 1 aromatic carbocycles. The van der Waals surface area contributed by atoms with E-state index in [0.717, 1.165) is 23.1 Å². The number of carbonyl (C=O) groups is 1. The normalized spacial score (nSPS) is 12.5. The van der Waals surface area contributed by atoms with Gasteiger partial charge in [-0.25, -0.2) is 0 Å². The molecule has 0 radical (unpaired) electrons. The van der Waals surface area contributed by atoms with E-state index in [1.165, 1.54) is 0 Å². The molecule has 0 bridgehead atoms. The summed E-state index contributed by atoms with van der Waals surface area (Å²) in [7, 11) is 0. The first-order chi connectivity index (χ1) is 5.65. The minimum absolute atomic E-state index is 0.0621. The molecule has 1 atom stereocenters. The molecule has 0 aliphatic rings. The van der Waals surface area contributed by atoms with Gasteiger partial charge in [0.25, 0.3) is 0 Å². The van der Waals surface area contributed by atoms with E-state index >= 15 is 0 Å². The molecule has 0 saturated carbocycles. The fourth-order valence-corrected chi connectivity index (χ4v) is 1.02. The first-order valence-electron chi connectivity index (χ1n) is 3.96. The van der Waals surface area contributed by atoms with Crippen molar-refractivity contribution >= 4 is 12.0 Å². The summed E-state index contributed by atoms with van der Waals surface area (Å²) in [4.78, 5) is 10.5. The predicted octanol–water partition coefficient (Wildman–Crippen LogP) is 1.88. The third kappa shape index (κ3) is 1.64. The van der Waals surface area contributed by atoms with Crippen molar-refractivity contribution in [3.63, 3.8) is 0 Å². The number of aryl methyl sites for hydroxylation is 1. The second-order valence-corrected chi connectivity index (χ2v) is 3.04. The molecule has 1 aromatic rings. The Morgan fingerprint density at radius 1 is 1.50 bits per heavy atom. The van der Waals surface area contributed by atoms with E-state index < -0.39 is 0 Å². The lowest BCUT2D eigenvalue weighted by Crippen LogP contribution is -1.97. The van der Waals surface area contributed by atoms with Gasteiger partial charge >= 0.3 is 0 Å². The van der Waals surface area contributed by atoms with Crippen molar-refractivity contribution < 1.29 is 4.79 Å². The molecule has 2 N–H and O–H groups in total. The number of carbonyl (C=O) groups excluding carboxylic acids is 1. The molecular weight excluding hydrogens is 150 g/mol. The Hall–Kier alpha value is -1.31. The van der Waals surface area contributed by atoms with Gasteiger partial charge in [-0.15, -0.1) is 0 Å². The van der Waals surface area contributed by atoms with Crippen LogP contribution in [0.15, 0.2) is 18.2 Å². The number of nitrogens with two attached hydrogens (primary N) is 1. The van der Waals surface area contributed by atoms with Crippen molar-refractivity contribution in [3.8, 4) is 0 Å². The number of hydrogen-bond acceptors (Lipinski definition) is 2. The first-order valence-corrected chi connectivity index (χ1v) is 3.96. The number of aldehydes is 1. The third-order valence-electron chi connectivity index (χ3n) is 2.03. The Morgan fingerprint density at radius 2 is 2.17 bits per heavy atom. The van der Waals surface area contributed by atoms with Crippen molar-refractivity contribution in [2.45, 2.75) is 19.8 Å². The highest BCUT2D eigenvalue weighted by Crippen LogP contribution is 2.18. The van der Waals surface area contributed by atoms with Gasteiger partial charge in [-0.3, -0.25) is 0 Å². The second kappa shape index (κ2) is 3.39. The van der Waals surface area contributed by atoms with Crippen LogP contribution in [0.1, 0.15) is 24.0 Å². The van der Waals surface area contributed by atoms with Crippen LogP contribution in [0.2, 0.25) is 0 Å². The molecule has 2 nitrogen and oxygen atoms in total. The summed E-state index contributed by atoms with van der Waals surface area (Å²) in [6.07, 6.45) is 0.921. The average Bonchev–Trinajstić information content (AvgIpc) is 2.08. The predicted molar refractivity (Wildman–Crippen MR) is 50.1 cm³/mol. The molecule has 1 rings (SSSR count). The summed E-state index contributed by atoms with van der Waals surface area (Å²) < 4.78 is 0. The van der Waals surface area contributed by atoms with Crippen LogP contribution in [0.4, 0.5) is 5.69 Å². The third-order valence-corrected chi connectivity index (χ3v) is 2.03. The highest BCUT2D eigenvalue weighted by molar-refractivity contribution is 5.63. The van der Waals surface area contributed by atoms with Crippen molar-refractivity contribution in [2.24, 2.45) is 0 Å². The van der Waals surface area contributed by atoms with Gasteiger partial charge in [-0.2, -0.15) is 0 Å². The summed E-state index contributed by atoms with van der Waals surface area (Å²) in [6, 6.07) is 5.73. The Morgan fingerprint density at radius 3 is 2.67 bits per heavy atom. The molecule has 0 saturated heterocycles. The fraction of sp³-hybridized carbons (Fsp3) is 0.300. The van der Waals surface area contributed by atoms with Crippen molar-refractivity contribution in [3.05, 3.63) is 29.3 Å². The second-order valence-electron chi connectivity index (χ2n) is 3.04. The summed E-state index contributed by atoms with van der Waals surface area (Å²) in [6.45, 7) is 3.81. The average molecular weight is 163 g/mol. The molecule has 2 heteroatoms. The largest absolute Gasteiger partial charge is 0.399 e. The van der Waals surface area contributed by atoms with Gasteiger partial charge in [0.05, 0.1) is 0 Å². The summed E-state index contributed by atoms with van der Waals surface area (Å²) in [5, 5.41) is 0. The van der Waals surface area contributed by atoms with E-state index in [2.05, 4.69) is 0 Å². The van der Waals surface area contributed by atoms with Crippen LogP contribution >= 0.6 is 0 Å². The van der Waals surface area contributed by atoms with E-state index in [0.29, 0.717) is 0 Å². The SMILES string of the molecule is Cc1ccc(C(C)C=O)cc1N. The molecule has 64 valence electrons. The van der Waals surface area contributed by atoms with Crippen molar-refractivity contribution in [2.75, 3.05) is 5.73 Å². The number of hydrogen-bond donors (Lipinski definition) is 1. The minimum Gasteiger partial charge on any atom is -0.399 e. The van der Waals surface area contributed by atoms with E-state index in [4.69, 9.17) is 5.73 Å². The molecular formula is C10H13NO. The summed E-state index contributed by atoms with van der Waals surface area (Å²) >= 11 is 0. The molecule has 0 heterocycles. The molecule has 0 amide bonds. The standard InChI is InChI=1S/C10H13NO/c1-7-3-4-9(5-10(7)11)8(2)6-12/h3-6,8H,11H2,1-2H3. The van der Waals surface area contributed by atoms with Crippen LogP contribution in [-0.4, -0.2) is 6.29 Å². The maximum atomic E-state index is 10.5. The quantitative estimate of drug-likeness (QED) is 0.534. The van der Waals surface area contributed by atoms with Crippen LogP contribution in [0.5, 0.6) is 0 Å². The van der Waals surface area contributed by atoms with Crippen LogP contribution in [0.3, 0.4) is 0 Å². The molecule has 0 aliphatic heterocycles. The number of nitrogen functional groups attached to an aromatic ring is 1. The van der Waals surface area contributed by atoms with Gasteiger partial charge in [-0.1, -0.05) is 19.1 Å². The zero-order chi connectivity index (χ0) is 9.14. The Balaban J connectivity index is 3.04. The van der Waals surface area contributed by atoms with Gasteiger partial charge in [-0.05, 0) is 24.1 Å². The Labute approximate surface area is 72.4 Å². The number of benzene rings is 1. The van der Waals surface area contributed by atoms with Gasteiger partial charge in [0.2, 0.25) is 0 Å². The fourth-order valence-electron chi connectivity index (χ4n) is 1.02. The van der Waals surface area contributed by atoms with Crippen LogP contribution in [0.25, 0.3) is 0 Å². The zero-order valence-electron chi connectivity index (χ0n) is 7.37. The zero-order valence-corrected chi connectivity index (χ0v) is 7.37. The molecule has 0 aromatic heterocycles. The lowest BCUT2D eigenvalue weighted by Gasteiger charge is -2.06. The lowest BCUT2D eigenvalue weighted by molar-refractivity contribution is -0.108. The minimum atomic E-state index is -0.0621. The maximum absolute atomic E-state index is 10.5. The van der Waals surface area contributed by atoms with E-state index in [1.54, 1.807) is 0 Å². The molecule has 0 aliphatic carbocycles. The number of rotatable bonds is 2. The van der Waals surface area contributed by atoms with Gasteiger partial charge in [0.15, 0.2) is 0 Å². The maximum Gasteiger partial charge on any atom is 0.127 e. The Bertz CT molecular complexity index is 294. The van der Waals surface area contributed by atoms with Crippen LogP contribution in [0, 0.1) is 6.92 Å². The summed E-state index contributed by atoms with van der Waals surface area (Å²) in [5.74, 6) is -0.0621. The van der Waals surface area contributed by atoms with E-state index in [-0.39, 0.29) is 5.92 Å². The number of anilines is 1. The topological polar surface area (TPSA) is 43.1 Å². The summed E-state index contributed by atoms with van der Waals surface area (Å²) in [5.41, 5.74) is 8.48. The smallest absolute Gasteiger partial charge is 0.127 e. The highest BCUT2D eigenvalue weighted by atomic mass is 16.1. The lowest BCUT2D eigenvalue weighted by atomic mass is 10.0.